The highest BCUT2D eigenvalue weighted by molar-refractivity contribution is 7.92. The molecule has 0 spiro atoms. The Labute approximate surface area is 112 Å². The molecule has 2 nitrogen and oxygen atoms in total. The minimum atomic E-state index is -2.97. The van der Waals surface area contributed by atoms with Crippen molar-refractivity contribution in [2.24, 2.45) is 5.41 Å². The maximum Gasteiger partial charge on any atom is 0.155 e. The molecule has 0 saturated heterocycles. The molecule has 0 radical (unpaired) electrons. The largest absolute Gasteiger partial charge is 0.228 e. The van der Waals surface area contributed by atoms with E-state index in [-0.39, 0.29) is 16.5 Å². The number of hydrogen-bond acceptors (Lipinski definition) is 2. The fourth-order valence-electron chi connectivity index (χ4n) is 1.35. The number of sulfone groups is 1. The topological polar surface area (TPSA) is 34.1 Å². The van der Waals surface area contributed by atoms with Crippen molar-refractivity contribution < 1.29 is 8.42 Å². The van der Waals surface area contributed by atoms with Gasteiger partial charge in [-0.05, 0) is 39.0 Å². The summed E-state index contributed by atoms with van der Waals surface area (Å²) in [7, 11) is -2.97. The first-order valence-corrected chi connectivity index (χ1v) is 8.33. The van der Waals surface area contributed by atoms with E-state index in [2.05, 4.69) is 20.8 Å². The lowest BCUT2D eigenvalue weighted by Crippen LogP contribution is -2.30. The van der Waals surface area contributed by atoms with E-state index in [1.54, 1.807) is 20.8 Å². The van der Waals surface area contributed by atoms with Crippen LogP contribution in [-0.4, -0.2) is 24.3 Å². The van der Waals surface area contributed by atoms with Crippen molar-refractivity contribution in [3.8, 4) is 0 Å². The van der Waals surface area contributed by atoms with Gasteiger partial charge in [-0.25, -0.2) is 8.42 Å². The van der Waals surface area contributed by atoms with E-state index in [0.717, 1.165) is 12.8 Å². The van der Waals surface area contributed by atoms with Crippen LogP contribution < -0.4 is 0 Å². The Morgan fingerprint density at radius 1 is 1.00 bits per heavy atom. The molecule has 0 heterocycles. The predicted molar refractivity (Wildman–Crippen MR) is 76.5 cm³/mol. The van der Waals surface area contributed by atoms with Gasteiger partial charge in [0.2, 0.25) is 0 Å². The van der Waals surface area contributed by atoms with E-state index in [1.165, 1.54) is 0 Å². The van der Waals surface area contributed by atoms with Gasteiger partial charge >= 0.3 is 0 Å². The molecule has 0 N–H and O–H groups in total. The summed E-state index contributed by atoms with van der Waals surface area (Å²) < 4.78 is 23.1. The van der Waals surface area contributed by atoms with Gasteiger partial charge in [-0.15, -0.1) is 11.6 Å². The highest BCUT2D eigenvalue weighted by atomic mass is 35.5. The zero-order valence-corrected chi connectivity index (χ0v) is 13.6. The first-order valence-electron chi connectivity index (χ1n) is 6.24. The Bertz CT molecular complexity index is 320. The van der Waals surface area contributed by atoms with Crippen molar-refractivity contribution in [1.29, 1.82) is 0 Å². The third kappa shape index (κ3) is 6.10. The van der Waals surface area contributed by atoms with E-state index in [4.69, 9.17) is 11.6 Å². The molecule has 104 valence electrons. The van der Waals surface area contributed by atoms with Gasteiger partial charge in [0.25, 0.3) is 0 Å². The smallest absolute Gasteiger partial charge is 0.155 e. The standard InChI is InChI=1S/C13H27ClO2S/c1-12(2,3)11(14)9-7-8-10-17(15,16)13(4,5)6/h11H,7-10H2,1-6H3. The SMILES string of the molecule is CC(C)(C)C(Cl)CCCCS(=O)(=O)C(C)(C)C. The van der Waals surface area contributed by atoms with Crippen molar-refractivity contribution in [3.63, 3.8) is 0 Å². The molecule has 0 fully saturated rings. The Hall–Kier alpha value is 0.240. The number of rotatable bonds is 5. The highest BCUT2D eigenvalue weighted by Crippen LogP contribution is 2.28. The van der Waals surface area contributed by atoms with Crippen LogP contribution in [-0.2, 0) is 9.84 Å². The third-order valence-electron chi connectivity index (χ3n) is 2.99. The number of unbranched alkanes of at least 4 members (excludes halogenated alkanes) is 1. The van der Waals surface area contributed by atoms with E-state index in [0.29, 0.717) is 6.42 Å². The van der Waals surface area contributed by atoms with Gasteiger partial charge in [-0.3, -0.25) is 0 Å². The average Bonchev–Trinajstić information content (AvgIpc) is 2.08. The second-order valence-electron chi connectivity index (χ2n) is 6.76. The van der Waals surface area contributed by atoms with E-state index >= 15 is 0 Å². The Morgan fingerprint density at radius 3 is 1.82 bits per heavy atom. The molecule has 0 rings (SSSR count). The summed E-state index contributed by atoms with van der Waals surface area (Å²) >= 11 is 6.25. The highest BCUT2D eigenvalue weighted by Gasteiger charge is 2.28. The Morgan fingerprint density at radius 2 is 1.47 bits per heavy atom. The van der Waals surface area contributed by atoms with E-state index in [1.807, 2.05) is 0 Å². The molecule has 0 saturated carbocycles. The van der Waals surface area contributed by atoms with Gasteiger partial charge in [0.1, 0.15) is 0 Å². The summed E-state index contributed by atoms with van der Waals surface area (Å²) in [6.07, 6.45) is 2.46. The molecule has 17 heavy (non-hydrogen) atoms. The van der Waals surface area contributed by atoms with Crippen molar-refractivity contribution in [2.75, 3.05) is 5.75 Å². The van der Waals surface area contributed by atoms with Crippen LogP contribution in [0.1, 0.15) is 60.8 Å². The predicted octanol–water partition coefficient (Wildman–Crippen LogP) is 4.02. The molecule has 0 aromatic heterocycles. The number of alkyl halides is 1. The second kappa shape index (κ2) is 5.92. The lowest BCUT2D eigenvalue weighted by molar-refractivity contribution is 0.368. The monoisotopic (exact) mass is 282 g/mol. The first-order chi connectivity index (χ1) is 7.38. The zero-order valence-electron chi connectivity index (χ0n) is 12.0. The van der Waals surface area contributed by atoms with Crippen molar-refractivity contribution in [1.82, 2.24) is 0 Å². The van der Waals surface area contributed by atoms with Crippen LogP contribution in [0.25, 0.3) is 0 Å². The maximum atomic E-state index is 11.9. The van der Waals surface area contributed by atoms with Gasteiger partial charge < -0.3 is 0 Å². The van der Waals surface area contributed by atoms with Crippen LogP contribution in [0.15, 0.2) is 0 Å². The normalized spacial score (nSPS) is 15.9. The molecular weight excluding hydrogens is 256 g/mol. The quantitative estimate of drug-likeness (QED) is 0.564. The fourth-order valence-corrected chi connectivity index (χ4v) is 2.71. The van der Waals surface area contributed by atoms with Crippen LogP contribution in [0, 0.1) is 5.41 Å². The minimum Gasteiger partial charge on any atom is -0.228 e. The number of hydrogen-bond donors (Lipinski definition) is 0. The molecular formula is C13H27ClO2S. The summed E-state index contributed by atoms with van der Waals surface area (Å²) in [4.78, 5) is 0. The Balaban J connectivity index is 4.04. The molecule has 4 heteroatoms. The second-order valence-corrected chi connectivity index (χ2v) is 10.1. The summed E-state index contributed by atoms with van der Waals surface area (Å²) in [6.45, 7) is 11.6. The van der Waals surface area contributed by atoms with Crippen LogP contribution in [0.4, 0.5) is 0 Å². The lowest BCUT2D eigenvalue weighted by Gasteiger charge is -2.25. The van der Waals surface area contributed by atoms with Gasteiger partial charge in [0.15, 0.2) is 9.84 Å². The summed E-state index contributed by atoms with van der Waals surface area (Å²) in [5, 5.41) is 0.111. The van der Waals surface area contributed by atoms with Gasteiger partial charge in [0, 0.05) is 5.38 Å². The summed E-state index contributed by atoms with van der Waals surface area (Å²) in [5.41, 5.74) is 0.0878. The maximum absolute atomic E-state index is 11.9. The molecule has 0 aliphatic rings. The van der Waals surface area contributed by atoms with Crippen LogP contribution in [0.3, 0.4) is 0 Å². The van der Waals surface area contributed by atoms with E-state index in [9.17, 15) is 8.42 Å². The fraction of sp³-hybridized carbons (Fsp3) is 1.00. The van der Waals surface area contributed by atoms with Gasteiger partial charge in [-0.1, -0.05) is 27.2 Å². The van der Waals surface area contributed by atoms with Gasteiger partial charge in [-0.2, -0.15) is 0 Å². The summed E-state index contributed by atoms with van der Waals surface area (Å²) in [5.74, 6) is 0.268. The molecule has 0 aliphatic heterocycles. The van der Waals surface area contributed by atoms with Crippen LogP contribution in [0.2, 0.25) is 0 Å². The molecule has 0 aliphatic carbocycles. The Kier molecular flexibility index (Phi) is 6.00. The van der Waals surface area contributed by atoms with Crippen LogP contribution in [0.5, 0.6) is 0 Å². The third-order valence-corrected chi connectivity index (χ3v) is 6.56. The zero-order chi connectivity index (χ0) is 13.9. The molecule has 1 unspecified atom stereocenters. The molecule has 0 aromatic rings. The van der Waals surface area contributed by atoms with Gasteiger partial charge in [0.05, 0.1) is 10.5 Å². The minimum absolute atomic E-state index is 0.0878. The molecule has 0 amide bonds. The molecule has 1 atom stereocenters. The van der Waals surface area contributed by atoms with Crippen LogP contribution >= 0.6 is 11.6 Å². The average molecular weight is 283 g/mol. The van der Waals surface area contributed by atoms with E-state index < -0.39 is 14.6 Å². The molecule has 0 bridgehead atoms. The first kappa shape index (κ1) is 17.2. The molecule has 0 aromatic carbocycles. The number of halogens is 1. The summed E-state index contributed by atoms with van der Waals surface area (Å²) in [6, 6.07) is 0. The lowest BCUT2D eigenvalue weighted by atomic mass is 9.89. The van der Waals surface area contributed by atoms with Crippen molar-refractivity contribution >= 4 is 21.4 Å². The van der Waals surface area contributed by atoms with Crippen molar-refractivity contribution in [2.45, 2.75) is 70.9 Å². The van der Waals surface area contributed by atoms with Crippen molar-refractivity contribution in [3.05, 3.63) is 0 Å².